The van der Waals surface area contributed by atoms with Crippen LogP contribution in [-0.4, -0.2) is 52.6 Å². The summed E-state index contributed by atoms with van der Waals surface area (Å²) in [4.78, 5) is 25.1. The van der Waals surface area contributed by atoms with Gasteiger partial charge in [0.1, 0.15) is 0 Å². The summed E-state index contributed by atoms with van der Waals surface area (Å²) in [6.45, 7) is 1.78. The fourth-order valence-electron chi connectivity index (χ4n) is 3.10. The lowest BCUT2D eigenvalue weighted by Crippen LogP contribution is -2.26. The van der Waals surface area contributed by atoms with Gasteiger partial charge in [-0.15, -0.1) is 11.8 Å². The second kappa shape index (κ2) is 9.70. The molecular formula is C21H24N2O7S2. The van der Waals surface area contributed by atoms with Crippen LogP contribution in [0, 0.1) is 0 Å². The number of nitrogens with one attached hydrogen (secondary N) is 2. The van der Waals surface area contributed by atoms with E-state index in [1.54, 1.807) is 25.1 Å². The van der Waals surface area contributed by atoms with Gasteiger partial charge < -0.3 is 24.8 Å². The molecule has 1 heterocycles. The summed E-state index contributed by atoms with van der Waals surface area (Å²) in [6.07, 6.45) is -0.256. The molecule has 11 heteroatoms. The van der Waals surface area contributed by atoms with Crippen molar-refractivity contribution < 1.29 is 32.2 Å². The fraction of sp³-hybridized carbons (Fsp3) is 0.333. The minimum absolute atomic E-state index is 0.0484. The van der Waals surface area contributed by atoms with Gasteiger partial charge in [0.2, 0.25) is 17.6 Å². The van der Waals surface area contributed by atoms with Crippen LogP contribution in [0.15, 0.2) is 40.1 Å². The van der Waals surface area contributed by atoms with Gasteiger partial charge in [-0.1, -0.05) is 0 Å². The number of hydrogen-bond acceptors (Lipinski definition) is 8. The third-order valence-electron chi connectivity index (χ3n) is 4.79. The van der Waals surface area contributed by atoms with Crippen LogP contribution >= 0.6 is 11.8 Å². The van der Waals surface area contributed by atoms with Crippen molar-refractivity contribution in [3.05, 3.63) is 30.3 Å². The lowest BCUT2D eigenvalue weighted by Gasteiger charge is -2.21. The Kier molecular flexibility index (Phi) is 7.19. The number of sulfone groups is 1. The molecule has 0 saturated heterocycles. The zero-order chi connectivity index (χ0) is 23.5. The van der Waals surface area contributed by atoms with Gasteiger partial charge in [-0.3, -0.25) is 9.59 Å². The number of amides is 2. The molecule has 0 bridgehead atoms. The number of thioether (sulfide) groups is 1. The number of hydrogen-bond donors (Lipinski definition) is 2. The summed E-state index contributed by atoms with van der Waals surface area (Å²) >= 11 is 1.37. The number of methoxy groups -OCH3 is 3. The summed E-state index contributed by atoms with van der Waals surface area (Å²) in [6, 6.07) is 7.69. The third kappa shape index (κ3) is 5.10. The lowest BCUT2D eigenvalue weighted by atomic mass is 10.2. The molecule has 9 nitrogen and oxygen atoms in total. The quantitative estimate of drug-likeness (QED) is 0.592. The first-order chi connectivity index (χ1) is 15.2. The van der Waals surface area contributed by atoms with E-state index in [1.165, 1.54) is 45.2 Å². The molecule has 0 fully saturated rings. The van der Waals surface area contributed by atoms with Crippen molar-refractivity contribution in [2.75, 3.05) is 37.7 Å². The van der Waals surface area contributed by atoms with Crippen LogP contribution in [0.4, 0.5) is 11.4 Å². The summed E-state index contributed by atoms with van der Waals surface area (Å²) in [5.41, 5.74) is 0.839. The van der Waals surface area contributed by atoms with Gasteiger partial charge in [0.15, 0.2) is 21.3 Å². The van der Waals surface area contributed by atoms with E-state index in [1.807, 2.05) is 0 Å². The van der Waals surface area contributed by atoms with Gasteiger partial charge in [0, 0.05) is 29.1 Å². The molecule has 2 aromatic carbocycles. The number of benzene rings is 2. The Balaban J connectivity index is 1.70. The van der Waals surface area contributed by atoms with Gasteiger partial charge in [0.05, 0.1) is 42.9 Å². The number of anilines is 2. The second-order valence-corrected chi connectivity index (χ2v) is 10.4. The fourth-order valence-corrected chi connectivity index (χ4v) is 5.30. The molecule has 172 valence electrons. The summed E-state index contributed by atoms with van der Waals surface area (Å²) in [7, 11) is 0.636. The maximum Gasteiger partial charge on any atom is 0.237 e. The van der Waals surface area contributed by atoms with Crippen LogP contribution in [0.2, 0.25) is 0 Å². The Bertz CT molecular complexity index is 1120. The largest absolute Gasteiger partial charge is 0.493 e. The highest BCUT2D eigenvalue weighted by atomic mass is 32.2. The van der Waals surface area contributed by atoms with Crippen molar-refractivity contribution in [1.29, 1.82) is 0 Å². The van der Waals surface area contributed by atoms with Crippen LogP contribution in [0.3, 0.4) is 0 Å². The van der Waals surface area contributed by atoms with Gasteiger partial charge in [0.25, 0.3) is 0 Å². The van der Waals surface area contributed by atoms with Crippen LogP contribution in [0.5, 0.6) is 17.2 Å². The number of carbonyl (C=O) groups excluding carboxylic acids is 2. The highest BCUT2D eigenvalue weighted by molar-refractivity contribution is 8.01. The Morgan fingerprint density at radius 2 is 1.75 bits per heavy atom. The maximum atomic E-state index is 12.7. The van der Waals surface area contributed by atoms with Crippen molar-refractivity contribution >= 4 is 44.8 Å². The maximum absolute atomic E-state index is 12.7. The molecular weight excluding hydrogens is 456 g/mol. The average molecular weight is 481 g/mol. The average Bonchev–Trinajstić information content (AvgIpc) is 2.77. The van der Waals surface area contributed by atoms with Gasteiger partial charge in [-0.2, -0.15) is 0 Å². The SMILES string of the molecule is COc1cc(NC(=O)CCS(=O)(=O)c2ccc3c(c2)NC(=O)[C@@H](C)S3)cc(OC)c1OC. The molecule has 0 aromatic heterocycles. The zero-order valence-corrected chi connectivity index (χ0v) is 19.7. The summed E-state index contributed by atoms with van der Waals surface area (Å²) < 4.78 is 41.2. The highest BCUT2D eigenvalue weighted by Gasteiger charge is 2.25. The van der Waals surface area contributed by atoms with E-state index in [4.69, 9.17) is 14.2 Å². The Labute approximate surface area is 190 Å². The molecule has 2 aromatic rings. The number of ether oxygens (including phenoxy) is 3. The second-order valence-electron chi connectivity index (χ2n) is 6.94. The monoisotopic (exact) mass is 480 g/mol. The third-order valence-corrected chi connectivity index (χ3v) is 7.68. The van der Waals surface area contributed by atoms with Crippen molar-refractivity contribution in [2.45, 2.75) is 28.4 Å². The van der Waals surface area contributed by atoms with E-state index in [0.717, 1.165) is 4.90 Å². The highest BCUT2D eigenvalue weighted by Crippen LogP contribution is 2.40. The molecule has 2 N–H and O–H groups in total. The van der Waals surface area contributed by atoms with E-state index in [9.17, 15) is 18.0 Å². The first kappa shape index (κ1) is 23.7. The Morgan fingerprint density at radius 3 is 2.34 bits per heavy atom. The summed E-state index contributed by atoms with van der Waals surface area (Å²) in [5, 5.41) is 5.11. The van der Waals surface area contributed by atoms with Gasteiger partial charge in [-0.25, -0.2) is 8.42 Å². The topological polar surface area (TPSA) is 120 Å². The van der Waals surface area contributed by atoms with E-state index < -0.39 is 15.7 Å². The Hall–Kier alpha value is -2.92. The molecule has 0 radical (unpaired) electrons. The molecule has 0 unspecified atom stereocenters. The normalized spacial score (nSPS) is 15.4. The predicted octanol–water partition coefficient (Wildman–Crippen LogP) is 2.95. The zero-order valence-electron chi connectivity index (χ0n) is 18.1. The molecule has 3 rings (SSSR count). The lowest BCUT2D eigenvalue weighted by molar-refractivity contribution is -0.116. The van der Waals surface area contributed by atoms with E-state index in [2.05, 4.69) is 10.6 Å². The molecule has 1 aliphatic rings. The van der Waals surface area contributed by atoms with Crippen molar-refractivity contribution in [1.82, 2.24) is 0 Å². The van der Waals surface area contributed by atoms with E-state index in [0.29, 0.717) is 28.6 Å². The molecule has 0 aliphatic carbocycles. The molecule has 0 spiro atoms. The number of fused-ring (bicyclic) bond motifs is 1. The van der Waals surface area contributed by atoms with E-state index >= 15 is 0 Å². The predicted molar refractivity (Wildman–Crippen MR) is 122 cm³/mol. The van der Waals surface area contributed by atoms with Gasteiger partial charge in [-0.05, 0) is 25.1 Å². The van der Waals surface area contributed by atoms with E-state index in [-0.39, 0.29) is 28.2 Å². The summed E-state index contributed by atoms with van der Waals surface area (Å²) in [5.74, 6) is 0.0403. The number of rotatable bonds is 8. The first-order valence-corrected chi connectivity index (χ1v) is 12.2. The molecule has 1 atom stereocenters. The standard InChI is InChI=1S/C21H24N2O7S2/c1-12-21(25)23-15-11-14(5-6-18(15)31-12)32(26,27)8-7-19(24)22-13-9-16(28-2)20(30-4)17(10-13)29-3/h5-6,9-12H,7-8H2,1-4H3,(H,22,24)(H,23,25)/t12-/m1/s1. The molecule has 0 saturated carbocycles. The van der Waals surface area contributed by atoms with Crippen LogP contribution in [-0.2, 0) is 19.4 Å². The van der Waals surface area contributed by atoms with Crippen molar-refractivity contribution in [3.8, 4) is 17.2 Å². The smallest absolute Gasteiger partial charge is 0.237 e. The van der Waals surface area contributed by atoms with Crippen LogP contribution < -0.4 is 24.8 Å². The van der Waals surface area contributed by atoms with Crippen LogP contribution in [0.1, 0.15) is 13.3 Å². The van der Waals surface area contributed by atoms with Crippen LogP contribution in [0.25, 0.3) is 0 Å². The number of carbonyl (C=O) groups is 2. The van der Waals surface area contributed by atoms with Gasteiger partial charge >= 0.3 is 0 Å². The minimum atomic E-state index is -3.74. The first-order valence-electron chi connectivity index (χ1n) is 9.62. The van der Waals surface area contributed by atoms with Crippen molar-refractivity contribution in [2.24, 2.45) is 0 Å². The molecule has 1 aliphatic heterocycles. The van der Waals surface area contributed by atoms with Crippen molar-refractivity contribution in [3.63, 3.8) is 0 Å². The molecule has 32 heavy (non-hydrogen) atoms. The Morgan fingerprint density at radius 1 is 1.09 bits per heavy atom. The molecule has 2 amide bonds. The minimum Gasteiger partial charge on any atom is -0.493 e.